The Hall–Kier alpha value is -3.64. The molecule has 0 aliphatic carbocycles. The van der Waals surface area contributed by atoms with E-state index in [2.05, 4.69) is 21.7 Å². The lowest BCUT2D eigenvalue weighted by molar-refractivity contribution is 0.754. The van der Waals surface area contributed by atoms with E-state index < -0.39 is 0 Å². The maximum absolute atomic E-state index is 13.4. The minimum absolute atomic E-state index is 0.0606. The number of para-hydroxylation sites is 1. The fourth-order valence-electron chi connectivity index (χ4n) is 3.66. The molecule has 0 aliphatic heterocycles. The molecule has 6 heteroatoms. The van der Waals surface area contributed by atoms with Crippen molar-refractivity contribution in [1.82, 2.24) is 19.1 Å². The molecule has 2 heterocycles. The van der Waals surface area contributed by atoms with E-state index >= 15 is 0 Å². The third-order valence-electron chi connectivity index (χ3n) is 5.36. The number of nitrogens with zero attached hydrogens (tertiary/aromatic N) is 4. The van der Waals surface area contributed by atoms with Crippen molar-refractivity contribution >= 4 is 22.7 Å². The van der Waals surface area contributed by atoms with Crippen LogP contribution in [0.4, 0.5) is 0 Å². The minimum atomic E-state index is -0.0606. The molecule has 0 amide bonds. The molecular formula is C26H22N4OS. The van der Waals surface area contributed by atoms with E-state index in [1.807, 2.05) is 86.0 Å². The summed E-state index contributed by atoms with van der Waals surface area (Å²) in [6.45, 7) is 2.79. The molecule has 0 aliphatic rings. The van der Waals surface area contributed by atoms with Crippen LogP contribution in [0.5, 0.6) is 0 Å². The molecule has 5 nitrogen and oxygen atoms in total. The van der Waals surface area contributed by atoms with E-state index in [1.165, 1.54) is 17.3 Å². The van der Waals surface area contributed by atoms with Gasteiger partial charge in [0.15, 0.2) is 5.16 Å². The molecule has 0 fully saturated rings. The standard InChI is InChI=1S/C26H22N4OS/c1-19-11-13-21(14-12-19)30-25(31)22-9-5-6-10-23(22)28-26(30)32-18-24-27-15-16-29(24)17-20-7-3-2-4-8-20/h2-16H,17-18H2,1H3. The highest BCUT2D eigenvalue weighted by molar-refractivity contribution is 7.98. The number of rotatable bonds is 6. The molecule has 5 rings (SSSR count). The summed E-state index contributed by atoms with van der Waals surface area (Å²) in [7, 11) is 0. The number of benzene rings is 3. The van der Waals surface area contributed by atoms with E-state index in [1.54, 1.807) is 4.57 Å². The molecule has 0 unspecified atom stereocenters. The van der Waals surface area contributed by atoms with Crippen molar-refractivity contribution in [3.63, 3.8) is 0 Å². The lowest BCUT2D eigenvalue weighted by Crippen LogP contribution is -2.21. The summed E-state index contributed by atoms with van der Waals surface area (Å²) in [5.74, 6) is 1.55. The molecule has 0 atom stereocenters. The van der Waals surface area contributed by atoms with E-state index in [9.17, 15) is 4.79 Å². The fourth-order valence-corrected chi connectivity index (χ4v) is 4.64. The molecule has 0 bridgehead atoms. The summed E-state index contributed by atoms with van der Waals surface area (Å²) >= 11 is 1.53. The first-order valence-electron chi connectivity index (χ1n) is 10.4. The van der Waals surface area contributed by atoms with Crippen molar-refractivity contribution in [2.45, 2.75) is 24.4 Å². The predicted octanol–water partition coefficient (Wildman–Crippen LogP) is 5.23. The number of fused-ring (bicyclic) bond motifs is 1. The van der Waals surface area contributed by atoms with Crippen molar-refractivity contribution in [3.05, 3.63) is 119 Å². The summed E-state index contributed by atoms with van der Waals surface area (Å²) in [5, 5.41) is 1.27. The van der Waals surface area contributed by atoms with E-state index in [0.29, 0.717) is 21.8 Å². The average Bonchev–Trinajstić information content (AvgIpc) is 3.26. The Morgan fingerprint density at radius 3 is 2.47 bits per heavy atom. The van der Waals surface area contributed by atoms with Crippen molar-refractivity contribution in [2.75, 3.05) is 0 Å². The molecule has 5 aromatic rings. The van der Waals surface area contributed by atoms with Crippen molar-refractivity contribution < 1.29 is 0 Å². The van der Waals surface area contributed by atoms with Gasteiger partial charge in [0.1, 0.15) is 5.82 Å². The second kappa shape index (κ2) is 8.85. The van der Waals surface area contributed by atoms with Gasteiger partial charge in [-0.25, -0.2) is 9.97 Å². The molecule has 0 N–H and O–H groups in total. The van der Waals surface area contributed by atoms with Crippen LogP contribution in [-0.2, 0) is 12.3 Å². The van der Waals surface area contributed by atoms with E-state index in [4.69, 9.17) is 4.98 Å². The van der Waals surface area contributed by atoms with Gasteiger partial charge in [-0.3, -0.25) is 9.36 Å². The highest BCUT2D eigenvalue weighted by atomic mass is 32.2. The van der Waals surface area contributed by atoms with Gasteiger partial charge in [-0.1, -0.05) is 71.9 Å². The summed E-state index contributed by atoms with van der Waals surface area (Å²) < 4.78 is 3.84. The van der Waals surface area contributed by atoms with Crippen molar-refractivity contribution in [2.24, 2.45) is 0 Å². The SMILES string of the molecule is Cc1ccc(-n2c(SCc3nccn3Cc3ccccc3)nc3ccccc3c2=O)cc1. The van der Waals surface area contributed by atoms with Crippen molar-refractivity contribution in [1.29, 1.82) is 0 Å². The molecule has 2 aromatic heterocycles. The summed E-state index contributed by atoms with van der Waals surface area (Å²) in [6.07, 6.45) is 3.81. The van der Waals surface area contributed by atoms with Crippen LogP contribution in [-0.4, -0.2) is 19.1 Å². The first-order chi connectivity index (χ1) is 15.7. The monoisotopic (exact) mass is 438 g/mol. The Labute approximate surface area is 190 Å². The Balaban J connectivity index is 1.51. The van der Waals surface area contributed by atoms with Gasteiger partial charge in [-0.05, 0) is 36.8 Å². The first kappa shape index (κ1) is 20.3. The van der Waals surface area contributed by atoms with Gasteiger partial charge < -0.3 is 4.57 Å². The van der Waals surface area contributed by atoms with E-state index in [0.717, 1.165) is 23.6 Å². The summed E-state index contributed by atoms with van der Waals surface area (Å²) in [4.78, 5) is 22.8. The molecule has 0 saturated heterocycles. The summed E-state index contributed by atoms with van der Waals surface area (Å²) in [5.41, 5.74) is 3.82. The number of aryl methyl sites for hydroxylation is 1. The number of hydrogen-bond acceptors (Lipinski definition) is 4. The summed E-state index contributed by atoms with van der Waals surface area (Å²) in [6, 6.07) is 25.8. The quantitative estimate of drug-likeness (QED) is 0.269. The van der Waals surface area contributed by atoms with Crippen LogP contribution < -0.4 is 5.56 Å². The van der Waals surface area contributed by atoms with Crippen LogP contribution >= 0.6 is 11.8 Å². The lowest BCUT2D eigenvalue weighted by Gasteiger charge is -2.14. The molecule has 0 radical (unpaired) electrons. The highest BCUT2D eigenvalue weighted by Crippen LogP contribution is 2.24. The molecule has 0 spiro atoms. The largest absolute Gasteiger partial charge is 0.330 e. The number of imidazole rings is 1. The second-order valence-electron chi connectivity index (χ2n) is 7.63. The van der Waals surface area contributed by atoms with Crippen molar-refractivity contribution in [3.8, 4) is 5.69 Å². The van der Waals surface area contributed by atoms with Gasteiger partial charge in [-0.2, -0.15) is 0 Å². The molecular weight excluding hydrogens is 416 g/mol. The Kier molecular flexibility index (Phi) is 5.60. The zero-order valence-electron chi connectivity index (χ0n) is 17.7. The minimum Gasteiger partial charge on any atom is -0.330 e. The second-order valence-corrected chi connectivity index (χ2v) is 8.58. The third kappa shape index (κ3) is 4.09. The zero-order valence-corrected chi connectivity index (χ0v) is 18.5. The topological polar surface area (TPSA) is 52.7 Å². The number of hydrogen-bond donors (Lipinski definition) is 0. The van der Waals surface area contributed by atoms with Crippen LogP contribution in [0.25, 0.3) is 16.6 Å². The van der Waals surface area contributed by atoms with E-state index in [-0.39, 0.29) is 5.56 Å². The smallest absolute Gasteiger partial charge is 0.266 e. The molecule has 3 aromatic carbocycles. The Morgan fingerprint density at radius 2 is 1.66 bits per heavy atom. The van der Waals surface area contributed by atoms with Gasteiger partial charge in [-0.15, -0.1) is 0 Å². The first-order valence-corrected chi connectivity index (χ1v) is 11.4. The third-order valence-corrected chi connectivity index (χ3v) is 6.30. The Morgan fingerprint density at radius 1 is 0.906 bits per heavy atom. The van der Waals surface area contributed by atoms with Crippen LogP contribution in [0.15, 0.2) is 101 Å². The van der Waals surface area contributed by atoms with Crippen LogP contribution in [0.3, 0.4) is 0 Å². The van der Waals surface area contributed by atoms with Crippen LogP contribution in [0, 0.1) is 6.92 Å². The normalized spacial score (nSPS) is 11.2. The number of aromatic nitrogens is 4. The lowest BCUT2D eigenvalue weighted by atomic mass is 10.2. The molecule has 32 heavy (non-hydrogen) atoms. The zero-order chi connectivity index (χ0) is 21.9. The number of thioether (sulfide) groups is 1. The highest BCUT2D eigenvalue weighted by Gasteiger charge is 2.14. The van der Waals surface area contributed by atoms with Gasteiger partial charge in [0, 0.05) is 18.9 Å². The van der Waals surface area contributed by atoms with Gasteiger partial charge >= 0.3 is 0 Å². The average molecular weight is 439 g/mol. The van der Waals surface area contributed by atoms with Crippen LogP contribution in [0.2, 0.25) is 0 Å². The fraction of sp³-hybridized carbons (Fsp3) is 0.115. The van der Waals surface area contributed by atoms with Crippen LogP contribution in [0.1, 0.15) is 17.0 Å². The van der Waals surface area contributed by atoms with Gasteiger partial charge in [0.25, 0.3) is 5.56 Å². The predicted molar refractivity (Wildman–Crippen MR) is 129 cm³/mol. The molecule has 0 saturated carbocycles. The molecule has 158 valence electrons. The van der Waals surface area contributed by atoms with Gasteiger partial charge in [0.2, 0.25) is 0 Å². The Bertz CT molecular complexity index is 1420. The van der Waals surface area contributed by atoms with Gasteiger partial charge in [0.05, 0.1) is 22.3 Å². The maximum atomic E-state index is 13.4. The maximum Gasteiger partial charge on any atom is 0.266 e.